The molecule has 3 aromatic rings. The van der Waals surface area contributed by atoms with Gasteiger partial charge in [-0.25, -0.2) is 0 Å². The molecule has 20 heavy (non-hydrogen) atoms. The van der Waals surface area contributed by atoms with Crippen LogP contribution in [0, 0.1) is 5.92 Å². The van der Waals surface area contributed by atoms with Gasteiger partial charge in [0.1, 0.15) is 0 Å². The highest BCUT2D eigenvalue weighted by molar-refractivity contribution is 7.17. The van der Waals surface area contributed by atoms with Crippen molar-refractivity contribution >= 4 is 21.6 Å². The molecule has 0 saturated heterocycles. The summed E-state index contributed by atoms with van der Waals surface area (Å²) in [5.74, 6) is 1.34. The van der Waals surface area contributed by atoms with Crippen LogP contribution in [0.1, 0.15) is 32.2 Å². The summed E-state index contributed by atoms with van der Waals surface area (Å²) in [4.78, 5) is 8.78. The summed E-state index contributed by atoms with van der Waals surface area (Å²) >= 11 is 1.64. The number of hydrogen-bond acceptors (Lipinski definition) is 6. The minimum absolute atomic E-state index is 0.223. The zero-order valence-corrected chi connectivity index (χ0v) is 12.2. The van der Waals surface area contributed by atoms with Crippen LogP contribution in [0.25, 0.3) is 21.6 Å². The third kappa shape index (κ3) is 2.32. The van der Waals surface area contributed by atoms with E-state index < -0.39 is 0 Å². The maximum atomic E-state index is 6.10. The molecule has 0 fully saturated rings. The van der Waals surface area contributed by atoms with Gasteiger partial charge < -0.3 is 10.3 Å². The normalized spacial score (nSPS) is 14.6. The lowest BCUT2D eigenvalue weighted by Crippen LogP contribution is -2.18. The Labute approximate surface area is 120 Å². The van der Waals surface area contributed by atoms with Crippen LogP contribution in [0.5, 0.6) is 0 Å². The largest absolute Gasteiger partial charge is 0.337 e. The molecule has 104 valence electrons. The van der Waals surface area contributed by atoms with Crippen LogP contribution in [-0.4, -0.2) is 15.1 Å². The zero-order chi connectivity index (χ0) is 14.1. The van der Waals surface area contributed by atoms with Gasteiger partial charge in [-0.15, -0.1) is 11.3 Å². The fourth-order valence-corrected chi connectivity index (χ4v) is 2.73. The minimum Gasteiger partial charge on any atom is -0.337 e. The molecule has 0 aliphatic heterocycles. The van der Waals surface area contributed by atoms with Crippen LogP contribution < -0.4 is 5.73 Å². The summed E-state index contributed by atoms with van der Waals surface area (Å²) < 4.78 is 6.40. The smallest absolute Gasteiger partial charge is 0.244 e. The monoisotopic (exact) mass is 288 g/mol. The molecule has 0 spiro atoms. The molecule has 0 aliphatic carbocycles. The molecule has 2 N–H and O–H groups in total. The van der Waals surface area contributed by atoms with Crippen molar-refractivity contribution in [1.29, 1.82) is 0 Å². The van der Waals surface area contributed by atoms with E-state index in [1.54, 1.807) is 17.5 Å². The van der Waals surface area contributed by atoms with Gasteiger partial charge in [0, 0.05) is 11.8 Å². The lowest BCUT2D eigenvalue weighted by Gasteiger charge is -2.12. The van der Waals surface area contributed by atoms with Gasteiger partial charge in [0.25, 0.3) is 0 Å². The second kappa shape index (κ2) is 5.30. The second-order valence-electron chi connectivity index (χ2n) is 4.90. The highest BCUT2D eigenvalue weighted by Crippen LogP contribution is 2.26. The Morgan fingerprint density at radius 1 is 1.45 bits per heavy atom. The first-order chi connectivity index (χ1) is 9.69. The molecule has 0 bridgehead atoms. The number of rotatable bonds is 4. The van der Waals surface area contributed by atoms with Crippen LogP contribution in [0.2, 0.25) is 0 Å². The fourth-order valence-electron chi connectivity index (χ4n) is 1.95. The number of hydrogen-bond donors (Lipinski definition) is 1. The Bertz CT molecular complexity index is 721. The molecule has 3 heterocycles. The molecule has 0 aliphatic rings. The Balaban J connectivity index is 1.92. The van der Waals surface area contributed by atoms with E-state index in [2.05, 4.69) is 29.0 Å². The van der Waals surface area contributed by atoms with Gasteiger partial charge in [-0.2, -0.15) is 4.98 Å². The highest BCUT2D eigenvalue weighted by Gasteiger charge is 2.20. The molecular formula is C14H16N4OS. The molecule has 0 aromatic carbocycles. The van der Waals surface area contributed by atoms with Crippen molar-refractivity contribution in [3.05, 3.63) is 29.6 Å². The molecule has 0 amide bonds. The molecular weight excluding hydrogens is 272 g/mol. The SMILES string of the molecule is CCC(C)[C@H](N)c1nc(-c2cnc3ccsc3c2)no1. The summed E-state index contributed by atoms with van der Waals surface area (Å²) in [6.45, 7) is 4.17. The van der Waals surface area contributed by atoms with Gasteiger partial charge >= 0.3 is 0 Å². The molecule has 0 saturated carbocycles. The van der Waals surface area contributed by atoms with Crippen molar-refractivity contribution in [3.63, 3.8) is 0 Å². The average molecular weight is 288 g/mol. The number of fused-ring (bicyclic) bond motifs is 1. The van der Waals surface area contributed by atoms with E-state index in [4.69, 9.17) is 10.3 Å². The van der Waals surface area contributed by atoms with Crippen molar-refractivity contribution < 1.29 is 4.52 Å². The van der Waals surface area contributed by atoms with E-state index in [1.165, 1.54) is 0 Å². The number of nitrogens with two attached hydrogens (primary N) is 1. The van der Waals surface area contributed by atoms with E-state index in [1.807, 2.05) is 17.5 Å². The first kappa shape index (κ1) is 13.2. The van der Waals surface area contributed by atoms with E-state index in [0.717, 1.165) is 22.2 Å². The number of thiophene rings is 1. The van der Waals surface area contributed by atoms with E-state index >= 15 is 0 Å². The highest BCUT2D eigenvalue weighted by atomic mass is 32.1. The molecule has 3 rings (SSSR count). The van der Waals surface area contributed by atoms with Crippen LogP contribution in [0.3, 0.4) is 0 Å². The molecule has 1 unspecified atom stereocenters. The first-order valence-corrected chi connectivity index (χ1v) is 7.49. The summed E-state index contributed by atoms with van der Waals surface area (Å²) in [6, 6.07) is 3.79. The van der Waals surface area contributed by atoms with E-state index in [-0.39, 0.29) is 6.04 Å². The van der Waals surface area contributed by atoms with Crippen LogP contribution in [-0.2, 0) is 0 Å². The predicted molar refractivity (Wildman–Crippen MR) is 79.3 cm³/mol. The zero-order valence-electron chi connectivity index (χ0n) is 11.4. The van der Waals surface area contributed by atoms with Gasteiger partial charge in [-0.05, 0) is 23.4 Å². The van der Waals surface area contributed by atoms with Gasteiger partial charge in [-0.1, -0.05) is 25.4 Å². The topological polar surface area (TPSA) is 77.8 Å². The Morgan fingerprint density at radius 3 is 3.10 bits per heavy atom. The second-order valence-corrected chi connectivity index (χ2v) is 5.84. The minimum atomic E-state index is -0.223. The van der Waals surface area contributed by atoms with Gasteiger partial charge in [0.15, 0.2) is 0 Å². The summed E-state index contributed by atoms with van der Waals surface area (Å²) in [6.07, 6.45) is 2.74. The lowest BCUT2D eigenvalue weighted by atomic mass is 10.0. The molecule has 0 radical (unpaired) electrons. The van der Waals surface area contributed by atoms with Gasteiger partial charge in [0.2, 0.25) is 11.7 Å². The third-order valence-electron chi connectivity index (χ3n) is 3.54. The standard InChI is InChI=1S/C14H16N4OS/c1-3-8(2)12(15)14-17-13(18-19-14)9-6-11-10(16-7-9)4-5-20-11/h4-8,12H,3,15H2,1-2H3/t8?,12-/m0/s1. The average Bonchev–Trinajstić information content (AvgIpc) is 3.13. The Kier molecular flexibility index (Phi) is 3.50. The summed E-state index contributed by atoms with van der Waals surface area (Å²) in [7, 11) is 0. The van der Waals surface area contributed by atoms with Crippen molar-refractivity contribution in [1.82, 2.24) is 15.1 Å². The van der Waals surface area contributed by atoms with E-state index in [9.17, 15) is 0 Å². The molecule has 5 nitrogen and oxygen atoms in total. The van der Waals surface area contributed by atoms with Gasteiger partial charge in [0.05, 0.1) is 16.3 Å². The maximum absolute atomic E-state index is 6.10. The number of nitrogens with zero attached hydrogens (tertiary/aromatic N) is 3. The molecule has 3 aromatic heterocycles. The maximum Gasteiger partial charge on any atom is 0.244 e. The number of pyridine rings is 1. The summed E-state index contributed by atoms with van der Waals surface area (Å²) in [5.41, 5.74) is 7.94. The summed E-state index contributed by atoms with van der Waals surface area (Å²) in [5, 5.41) is 6.03. The van der Waals surface area contributed by atoms with Crippen molar-refractivity contribution in [2.75, 3.05) is 0 Å². The third-order valence-corrected chi connectivity index (χ3v) is 4.40. The van der Waals surface area contributed by atoms with Crippen molar-refractivity contribution in [2.24, 2.45) is 11.7 Å². The lowest BCUT2D eigenvalue weighted by molar-refractivity contribution is 0.312. The van der Waals surface area contributed by atoms with Crippen molar-refractivity contribution in [3.8, 4) is 11.4 Å². The first-order valence-electron chi connectivity index (χ1n) is 6.62. The fraction of sp³-hybridized carbons (Fsp3) is 0.357. The Morgan fingerprint density at radius 2 is 2.30 bits per heavy atom. The van der Waals surface area contributed by atoms with Crippen LogP contribution in [0.4, 0.5) is 0 Å². The predicted octanol–water partition coefficient (Wildman–Crippen LogP) is 3.39. The quantitative estimate of drug-likeness (QED) is 0.796. The molecule has 2 atom stereocenters. The van der Waals surface area contributed by atoms with Gasteiger partial charge in [-0.3, -0.25) is 4.98 Å². The van der Waals surface area contributed by atoms with Crippen LogP contribution >= 0.6 is 11.3 Å². The molecule has 6 heteroatoms. The van der Waals surface area contributed by atoms with Crippen LogP contribution in [0.15, 0.2) is 28.2 Å². The Hall–Kier alpha value is -1.79. The van der Waals surface area contributed by atoms with E-state index in [0.29, 0.717) is 17.6 Å². The van der Waals surface area contributed by atoms with Crippen molar-refractivity contribution in [2.45, 2.75) is 26.3 Å². The number of aromatic nitrogens is 3.